The summed E-state index contributed by atoms with van der Waals surface area (Å²) in [5, 5.41) is 10.2. The Labute approximate surface area is 101 Å². The van der Waals surface area contributed by atoms with Crippen LogP contribution >= 0.6 is 11.8 Å². The summed E-state index contributed by atoms with van der Waals surface area (Å²) in [7, 11) is 0. The Hall–Kier alpha value is -0.550. The smallest absolute Gasteiger partial charge is 0.191 e. The molecular weight excluding hydrogens is 220 g/mol. The fourth-order valence-electron chi connectivity index (χ4n) is 1.83. The lowest BCUT2D eigenvalue weighted by Gasteiger charge is -2.12. The maximum absolute atomic E-state index is 5.69. The molecule has 1 aromatic rings. The van der Waals surface area contributed by atoms with Crippen molar-refractivity contribution in [3.05, 3.63) is 5.82 Å². The second-order valence-corrected chi connectivity index (χ2v) is 5.53. The summed E-state index contributed by atoms with van der Waals surface area (Å²) >= 11 is 1.85. The van der Waals surface area contributed by atoms with Gasteiger partial charge in [0.2, 0.25) is 0 Å². The lowest BCUT2D eigenvalue weighted by Crippen LogP contribution is -2.09. The molecule has 4 nitrogen and oxygen atoms in total. The maximum atomic E-state index is 5.69. The molecule has 0 spiro atoms. The number of rotatable bonds is 6. The SMILES string of the molecule is CCC(CC)Sc1nnc(CN)n1C1CC1. The Morgan fingerprint density at radius 1 is 1.38 bits per heavy atom. The fourth-order valence-corrected chi connectivity index (χ4v) is 2.92. The zero-order chi connectivity index (χ0) is 11.5. The van der Waals surface area contributed by atoms with E-state index in [0.717, 1.165) is 11.0 Å². The third-order valence-corrected chi connectivity index (χ3v) is 4.50. The third-order valence-electron chi connectivity index (χ3n) is 3.01. The Bertz CT molecular complexity index is 342. The van der Waals surface area contributed by atoms with Crippen LogP contribution in [0.5, 0.6) is 0 Å². The molecule has 1 aliphatic rings. The van der Waals surface area contributed by atoms with Gasteiger partial charge in [-0.15, -0.1) is 10.2 Å². The molecular formula is C11H20N4S. The van der Waals surface area contributed by atoms with Crippen molar-refractivity contribution < 1.29 is 0 Å². The van der Waals surface area contributed by atoms with Gasteiger partial charge in [-0.2, -0.15) is 0 Å². The second-order valence-electron chi connectivity index (χ2n) is 4.26. The van der Waals surface area contributed by atoms with Crippen LogP contribution in [0.2, 0.25) is 0 Å². The van der Waals surface area contributed by atoms with Gasteiger partial charge >= 0.3 is 0 Å². The molecule has 1 aliphatic carbocycles. The predicted molar refractivity (Wildman–Crippen MR) is 66.4 cm³/mol. The van der Waals surface area contributed by atoms with Crippen LogP contribution in [0.15, 0.2) is 5.16 Å². The molecule has 90 valence electrons. The molecule has 1 fully saturated rings. The fraction of sp³-hybridized carbons (Fsp3) is 0.818. The maximum Gasteiger partial charge on any atom is 0.191 e. The second kappa shape index (κ2) is 5.19. The monoisotopic (exact) mass is 240 g/mol. The predicted octanol–water partition coefficient (Wildman–Crippen LogP) is 2.35. The van der Waals surface area contributed by atoms with Gasteiger partial charge in [0.1, 0.15) is 5.82 Å². The molecule has 0 aliphatic heterocycles. The standard InChI is InChI=1S/C11H20N4S/c1-3-9(4-2)16-11-14-13-10(7-12)15(11)8-5-6-8/h8-9H,3-7,12H2,1-2H3. The van der Waals surface area contributed by atoms with Gasteiger partial charge in [-0.25, -0.2) is 0 Å². The van der Waals surface area contributed by atoms with E-state index >= 15 is 0 Å². The summed E-state index contributed by atoms with van der Waals surface area (Å²) in [6, 6.07) is 0.616. The van der Waals surface area contributed by atoms with E-state index in [1.54, 1.807) is 0 Å². The summed E-state index contributed by atoms with van der Waals surface area (Å²) in [6.07, 6.45) is 4.86. The zero-order valence-electron chi connectivity index (χ0n) is 10.0. The Kier molecular flexibility index (Phi) is 3.86. The zero-order valence-corrected chi connectivity index (χ0v) is 10.8. The first-order valence-corrected chi connectivity index (χ1v) is 6.98. The molecule has 5 heteroatoms. The van der Waals surface area contributed by atoms with Crippen molar-refractivity contribution in [2.75, 3.05) is 0 Å². The van der Waals surface area contributed by atoms with Crippen LogP contribution < -0.4 is 5.73 Å². The van der Waals surface area contributed by atoms with Crippen LogP contribution in [-0.2, 0) is 6.54 Å². The van der Waals surface area contributed by atoms with E-state index in [-0.39, 0.29) is 0 Å². The molecule has 0 amide bonds. The first kappa shape index (κ1) is 11.9. The van der Waals surface area contributed by atoms with E-state index < -0.39 is 0 Å². The topological polar surface area (TPSA) is 56.7 Å². The highest BCUT2D eigenvalue weighted by Crippen LogP contribution is 2.39. The first-order chi connectivity index (χ1) is 7.80. The Morgan fingerprint density at radius 3 is 2.56 bits per heavy atom. The minimum absolute atomic E-state index is 0.493. The largest absolute Gasteiger partial charge is 0.324 e. The summed E-state index contributed by atoms with van der Waals surface area (Å²) < 4.78 is 2.25. The van der Waals surface area contributed by atoms with Crippen LogP contribution in [0.4, 0.5) is 0 Å². The van der Waals surface area contributed by atoms with Crippen molar-refractivity contribution in [3.8, 4) is 0 Å². The van der Waals surface area contributed by atoms with Crippen molar-refractivity contribution in [3.63, 3.8) is 0 Å². The van der Waals surface area contributed by atoms with E-state index in [0.29, 0.717) is 17.8 Å². The van der Waals surface area contributed by atoms with Gasteiger partial charge in [-0.05, 0) is 25.7 Å². The molecule has 0 aromatic carbocycles. The van der Waals surface area contributed by atoms with Crippen LogP contribution in [-0.4, -0.2) is 20.0 Å². The summed E-state index contributed by atoms with van der Waals surface area (Å²) in [6.45, 7) is 4.94. The molecule has 0 saturated heterocycles. The average molecular weight is 240 g/mol. The normalized spacial score (nSPS) is 16.0. The van der Waals surface area contributed by atoms with Crippen molar-refractivity contribution in [1.82, 2.24) is 14.8 Å². The summed E-state index contributed by atoms with van der Waals surface area (Å²) in [4.78, 5) is 0. The van der Waals surface area contributed by atoms with E-state index in [1.807, 2.05) is 11.8 Å². The van der Waals surface area contributed by atoms with Crippen molar-refractivity contribution in [2.24, 2.45) is 5.73 Å². The number of nitrogens with zero attached hydrogens (tertiary/aromatic N) is 3. The quantitative estimate of drug-likeness (QED) is 0.775. The van der Waals surface area contributed by atoms with Crippen LogP contribution in [0.1, 0.15) is 51.4 Å². The minimum atomic E-state index is 0.493. The van der Waals surface area contributed by atoms with E-state index in [4.69, 9.17) is 5.73 Å². The molecule has 2 rings (SSSR count). The summed E-state index contributed by atoms with van der Waals surface area (Å²) in [5.41, 5.74) is 5.69. The van der Waals surface area contributed by atoms with Gasteiger partial charge in [-0.3, -0.25) is 0 Å². The Balaban J connectivity index is 2.16. The van der Waals surface area contributed by atoms with Crippen LogP contribution in [0.25, 0.3) is 0 Å². The van der Waals surface area contributed by atoms with E-state index in [9.17, 15) is 0 Å². The molecule has 2 N–H and O–H groups in total. The van der Waals surface area contributed by atoms with Gasteiger partial charge in [0.05, 0.1) is 6.54 Å². The Morgan fingerprint density at radius 2 is 2.06 bits per heavy atom. The lowest BCUT2D eigenvalue weighted by atomic mass is 10.3. The van der Waals surface area contributed by atoms with Gasteiger partial charge in [0, 0.05) is 11.3 Å². The molecule has 0 radical (unpaired) electrons. The van der Waals surface area contributed by atoms with E-state index in [2.05, 4.69) is 28.6 Å². The van der Waals surface area contributed by atoms with Gasteiger partial charge in [-0.1, -0.05) is 25.6 Å². The molecule has 1 saturated carbocycles. The molecule has 0 atom stereocenters. The van der Waals surface area contributed by atoms with Gasteiger partial charge in [0.25, 0.3) is 0 Å². The number of thioether (sulfide) groups is 1. The van der Waals surface area contributed by atoms with Crippen LogP contribution in [0, 0.1) is 0 Å². The van der Waals surface area contributed by atoms with Crippen LogP contribution in [0.3, 0.4) is 0 Å². The first-order valence-electron chi connectivity index (χ1n) is 6.10. The number of nitrogens with two attached hydrogens (primary N) is 1. The third kappa shape index (κ3) is 2.40. The molecule has 1 heterocycles. The van der Waals surface area contributed by atoms with Crippen molar-refractivity contribution in [2.45, 2.75) is 62.5 Å². The lowest BCUT2D eigenvalue weighted by molar-refractivity contribution is 0.623. The number of aromatic nitrogens is 3. The van der Waals surface area contributed by atoms with Gasteiger partial charge < -0.3 is 10.3 Å². The molecule has 16 heavy (non-hydrogen) atoms. The molecule has 1 aromatic heterocycles. The average Bonchev–Trinajstić information content (AvgIpc) is 3.07. The highest BCUT2D eigenvalue weighted by atomic mass is 32.2. The highest BCUT2D eigenvalue weighted by Gasteiger charge is 2.29. The molecule has 0 bridgehead atoms. The number of hydrogen-bond donors (Lipinski definition) is 1. The van der Waals surface area contributed by atoms with Crippen molar-refractivity contribution >= 4 is 11.8 Å². The van der Waals surface area contributed by atoms with E-state index in [1.165, 1.54) is 25.7 Å². The number of hydrogen-bond acceptors (Lipinski definition) is 4. The van der Waals surface area contributed by atoms with Gasteiger partial charge in [0.15, 0.2) is 5.16 Å². The van der Waals surface area contributed by atoms with Crippen molar-refractivity contribution in [1.29, 1.82) is 0 Å². The summed E-state index contributed by atoms with van der Waals surface area (Å²) in [5.74, 6) is 0.941. The highest BCUT2D eigenvalue weighted by molar-refractivity contribution is 7.99. The minimum Gasteiger partial charge on any atom is -0.324 e. The molecule has 0 unspecified atom stereocenters.